The highest BCUT2D eigenvalue weighted by atomic mass is 79.9. The Kier molecular flexibility index (Phi) is 8.67. The molecule has 0 atom stereocenters. The van der Waals surface area contributed by atoms with Crippen molar-refractivity contribution in [3.63, 3.8) is 0 Å². The first-order valence-corrected chi connectivity index (χ1v) is 12.9. The number of hydrogen-bond donors (Lipinski definition) is 2. The molecule has 1 aliphatic rings. The summed E-state index contributed by atoms with van der Waals surface area (Å²) in [4.78, 5) is 49.8. The van der Waals surface area contributed by atoms with Gasteiger partial charge in [-0.15, -0.1) is 0 Å². The van der Waals surface area contributed by atoms with Crippen molar-refractivity contribution in [1.82, 2.24) is 4.90 Å². The predicted molar refractivity (Wildman–Crippen MR) is 146 cm³/mol. The number of nitrogens with one attached hydrogen (secondary N) is 1. The fourth-order valence-corrected chi connectivity index (χ4v) is 5.02. The van der Waals surface area contributed by atoms with Gasteiger partial charge in [0.1, 0.15) is 19.0 Å². The maximum absolute atomic E-state index is 13.4. The van der Waals surface area contributed by atoms with Gasteiger partial charge in [0, 0.05) is 5.69 Å². The van der Waals surface area contributed by atoms with Crippen molar-refractivity contribution in [2.75, 3.05) is 19.0 Å². The number of methoxy groups -OCH3 is 1. The van der Waals surface area contributed by atoms with E-state index < -0.39 is 35.4 Å². The van der Waals surface area contributed by atoms with Crippen LogP contribution < -0.4 is 14.8 Å². The summed E-state index contributed by atoms with van der Waals surface area (Å²) in [7, 11) is 1.44. The molecule has 0 bridgehead atoms. The maximum Gasteiger partial charge on any atom is 0.335 e. The summed E-state index contributed by atoms with van der Waals surface area (Å²) in [6.07, 6.45) is 1.49. The van der Waals surface area contributed by atoms with E-state index in [9.17, 15) is 28.7 Å². The molecule has 0 radical (unpaired) electrons. The molecule has 0 aliphatic carbocycles. The van der Waals surface area contributed by atoms with Gasteiger partial charge in [-0.1, -0.05) is 18.2 Å². The summed E-state index contributed by atoms with van der Waals surface area (Å²) >= 11 is 4.12. The van der Waals surface area contributed by atoms with Crippen LogP contribution in [-0.4, -0.2) is 46.7 Å². The molecule has 3 aromatic carbocycles. The van der Waals surface area contributed by atoms with Gasteiger partial charge in [0.2, 0.25) is 5.91 Å². The summed E-state index contributed by atoms with van der Waals surface area (Å²) in [6, 6.07) is 14.9. The number of ether oxygens (including phenoxy) is 2. The third-order valence-corrected chi connectivity index (χ3v) is 6.89. The number of hydrogen-bond acceptors (Lipinski definition) is 7. The molecule has 2 N–H and O–H groups in total. The second kappa shape index (κ2) is 12.1. The zero-order valence-electron chi connectivity index (χ0n) is 20.3. The zero-order chi connectivity index (χ0) is 28.1. The van der Waals surface area contributed by atoms with Crippen LogP contribution in [-0.2, 0) is 16.2 Å². The first-order valence-electron chi connectivity index (χ1n) is 11.3. The molecule has 39 heavy (non-hydrogen) atoms. The van der Waals surface area contributed by atoms with Gasteiger partial charge in [-0.05, 0) is 87.4 Å². The molecule has 3 aromatic rings. The van der Waals surface area contributed by atoms with Crippen LogP contribution in [0.1, 0.15) is 21.5 Å². The van der Waals surface area contributed by atoms with E-state index in [4.69, 9.17) is 9.47 Å². The van der Waals surface area contributed by atoms with Crippen molar-refractivity contribution in [3.05, 3.63) is 92.5 Å². The number of aromatic carboxylic acids is 1. The normalized spacial score (nSPS) is 14.0. The molecule has 9 nitrogen and oxygen atoms in total. The quantitative estimate of drug-likeness (QED) is 0.301. The van der Waals surface area contributed by atoms with Crippen LogP contribution >= 0.6 is 27.7 Å². The van der Waals surface area contributed by atoms with Gasteiger partial charge < -0.3 is 19.9 Å². The molecule has 1 saturated heterocycles. The number of nitrogens with zero attached hydrogens (tertiary/aromatic N) is 1. The number of rotatable bonds is 9. The Bertz CT molecular complexity index is 1510. The molecule has 3 amide bonds. The van der Waals surface area contributed by atoms with Crippen molar-refractivity contribution >= 4 is 62.5 Å². The second-order valence-corrected chi connectivity index (χ2v) is 10.0. The van der Waals surface area contributed by atoms with Gasteiger partial charge in [-0.2, -0.15) is 0 Å². The molecule has 1 aliphatic heterocycles. The Balaban J connectivity index is 1.47. The van der Waals surface area contributed by atoms with Gasteiger partial charge in [0.15, 0.2) is 11.5 Å². The van der Waals surface area contributed by atoms with Gasteiger partial charge >= 0.3 is 5.97 Å². The number of benzene rings is 3. The Labute approximate surface area is 234 Å². The molecule has 0 saturated carbocycles. The maximum atomic E-state index is 13.4. The Hall–Kier alpha value is -4.16. The Morgan fingerprint density at radius 2 is 1.90 bits per heavy atom. The average Bonchev–Trinajstić information content (AvgIpc) is 3.15. The van der Waals surface area contributed by atoms with Crippen molar-refractivity contribution < 1.29 is 38.1 Å². The SMILES string of the molecule is COc1cc(/C=C2/SC(=O)N(CC(=O)Nc3cccc(F)c3)C2=O)cc(Br)c1OCc1cccc(C(=O)O)c1. The van der Waals surface area contributed by atoms with Gasteiger partial charge in [0.25, 0.3) is 11.1 Å². The third-order valence-electron chi connectivity index (χ3n) is 5.39. The van der Waals surface area contributed by atoms with E-state index >= 15 is 0 Å². The highest BCUT2D eigenvalue weighted by Crippen LogP contribution is 2.39. The number of carbonyl (C=O) groups is 4. The zero-order valence-corrected chi connectivity index (χ0v) is 22.7. The number of thioether (sulfide) groups is 1. The van der Waals surface area contributed by atoms with E-state index in [0.29, 0.717) is 38.9 Å². The van der Waals surface area contributed by atoms with Crippen LogP contribution in [0.5, 0.6) is 11.5 Å². The minimum Gasteiger partial charge on any atom is -0.493 e. The van der Waals surface area contributed by atoms with Crippen molar-refractivity contribution in [3.8, 4) is 11.5 Å². The van der Waals surface area contributed by atoms with E-state index in [-0.39, 0.29) is 22.8 Å². The minimum absolute atomic E-state index is 0.0754. The fraction of sp³-hybridized carbons (Fsp3) is 0.111. The van der Waals surface area contributed by atoms with Crippen LogP contribution in [0.25, 0.3) is 6.08 Å². The van der Waals surface area contributed by atoms with E-state index in [2.05, 4.69) is 21.2 Å². The van der Waals surface area contributed by atoms with E-state index in [0.717, 1.165) is 11.0 Å². The lowest BCUT2D eigenvalue weighted by molar-refractivity contribution is -0.127. The topological polar surface area (TPSA) is 122 Å². The summed E-state index contributed by atoms with van der Waals surface area (Å²) in [5, 5.41) is 11.0. The molecule has 1 heterocycles. The molecule has 4 rings (SSSR count). The molecular weight excluding hydrogens is 595 g/mol. The van der Waals surface area contributed by atoms with Crippen molar-refractivity contribution in [2.45, 2.75) is 6.61 Å². The molecule has 0 spiro atoms. The third kappa shape index (κ3) is 6.84. The van der Waals surface area contributed by atoms with Crippen molar-refractivity contribution in [1.29, 1.82) is 0 Å². The Morgan fingerprint density at radius 3 is 2.62 bits per heavy atom. The number of amides is 3. The smallest absolute Gasteiger partial charge is 0.335 e. The second-order valence-electron chi connectivity index (χ2n) is 8.15. The van der Waals surface area contributed by atoms with Crippen LogP contribution in [0.3, 0.4) is 0 Å². The van der Waals surface area contributed by atoms with Crippen LogP contribution in [0.15, 0.2) is 70.0 Å². The van der Waals surface area contributed by atoms with Crippen LogP contribution in [0, 0.1) is 5.82 Å². The highest BCUT2D eigenvalue weighted by Gasteiger charge is 2.36. The number of imide groups is 1. The fourth-order valence-electron chi connectivity index (χ4n) is 3.61. The molecule has 1 fully saturated rings. The van der Waals surface area contributed by atoms with Gasteiger partial charge in [-0.25, -0.2) is 9.18 Å². The number of carboxylic acid groups (broad SMARTS) is 1. The summed E-state index contributed by atoms with van der Waals surface area (Å²) < 4.78 is 25.2. The lowest BCUT2D eigenvalue weighted by Crippen LogP contribution is -2.36. The molecule has 0 unspecified atom stereocenters. The number of halogens is 2. The lowest BCUT2D eigenvalue weighted by atomic mass is 10.1. The van der Waals surface area contributed by atoms with E-state index in [1.165, 1.54) is 43.5 Å². The number of carboxylic acids is 1. The standard InChI is InChI=1S/C27H20BrFN2O7S/c1-37-21-10-16(9-20(28)24(21)38-14-15-4-2-5-17(8-15)26(34)35)11-22-25(33)31(27(36)39-22)13-23(32)30-19-7-3-6-18(29)12-19/h2-12H,13-14H2,1H3,(H,30,32)(H,34,35)/b22-11+. The number of carbonyl (C=O) groups excluding carboxylic acids is 3. The summed E-state index contributed by atoms with van der Waals surface area (Å²) in [5.74, 6) is -2.18. The number of anilines is 1. The van der Waals surface area contributed by atoms with Gasteiger partial charge in [-0.3, -0.25) is 19.3 Å². The lowest BCUT2D eigenvalue weighted by Gasteiger charge is -2.14. The van der Waals surface area contributed by atoms with Crippen LogP contribution in [0.2, 0.25) is 0 Å². The minimum atomic E-state index is -1.04. The average molecular weight is 615 g/mol. The Morgan fingerprint density at radius 1 is 1.13 bits per heavy atom. The van der Waals surface area contributed by atoms with E-state index in [1.807, 2.05) is 0 Å². The highest BCUT2D eigenvalue weighted by molar-refractivity contribution is 9.10. The monoisotopic (exact) mass is 614 g/mol. The summed E-state index contributed by atoms with van der Waals surface area (Å²) in [6.45, 7) is -0.451. The van der Waals surface area contributed by atoms with E-state index in [1.54, 1.807) is 24.3 Å². The van der Waals surface area contributed by atoms with Crippen molar-refractivity contribution in [2.24, 2.45) is 0 Å². The summed E-state index contributed by atoms with van der Waals surface area (Å²) in [5.41, 5.74) is 1.51. The molecule has 12 heteroatoms. The first-order chi connectivity index (χ1) is 18.6. The predicted octanol–water partition coefficient (Wildman–Crippen LogP) is 5.55. The van der Waals surface area contributed by atoms with Gasteiger partial charge in [0.05, 0.1) is 22.1 Å². The molecule has 0 aromatic heterocycles. The first kappa shape index (κ1) is 27.9. The van der Waals surface area contributed by atoms with Crippen LogP contribution in [0.4, 0.5) is 14.9 Å². The largest absolute Gasteiger partial charge is 0.493 e. The molecule has 200 valence electrons. The molecular formula is C27H20BrFN2O7S.